The molecule has 0 saturated carbocycles. The fourth-order valence-corrected chi connectivity index (χ4v) is 4.38. The van der Waals surface area contributed by atoms with Crippen molar-refractivity contribution >= 4 is 9.84 Å². The van der Waals surface area contributed by atoms with Crippen LogP contribution in [0.5, 0.6) is 0 Å². The van der Waals surface area contributed by atoms with Gasteiger partial charge in [0.05, 0.1) is 17.7 Å². The first-order valence-electron chi connectivity index (χ1n) is 5.82. The minimum Gasteiger partial charge on any atom is -0.310 e. The van der Waals surface area contributed by atoms with Crippen LogP contribution in [-0.4, -0.2) is 41.8 Å². The van der Waals surface area contributed by atoms with Gasteiger partial charge in [0.1, 0.15) is 0 Å². The van der Waals surface area contributed by atoms with Gasteiger partial charge in [0.15, 0.2) is 9.84 Å². The van der Waals surface area contributed by atoms with Gasteiger partial charge in [0.2, 0.25) is 0 Å². The normalized spacial score (nSPS) is 27.4. The molecule has 1 saturated heterocycles. The molecule has 2 rings (SSSR count). The fraction of sp³-hybridized carbons (Fsp3) is 0.727. The van der Waals surface area contributed by atoms with E-state index >= 15 is 0 Å². The standard InChI is InChI=1S/C11H19N3O2S/c1-11(4-6-17(15,16)9-11)12-5-3-10-7-13-14(2)8-10/h7-8,12H,3-6,9H2,1-2H3. The highest BCUT2D eigenvalue weighted by Crippen LogP contribution is 2.22. The zero-order valence-corrected chi connectivity index (χ0v) is 11.1. The predicted octanol–water partition coefficient (Wildman–Crippen LogP) is 0.129. The molecule has 1 fully saturated rings. The number of hydrogen-bond donors (Lipinski definition) is 1. The van der Waals surface area contributed by atoms with Crippen LogP contribution in [0.15, 0.2) is 12.4 Å². The first-order chi connectivity index (χ1) is 7.89. The second-order valence-corrected chi connectivity index (χ2v) is 7.29. The average Bonchev–Trinajstić information content (AvgIpc) is 2.72. The van der Waals surface area contributed by atoms with Crippen LogP contribution in [0.1, 0.15) is 18.9 Å². The summed E-state index contributed by atoms with van der Waals surface area (Å²) < 4.78 is 24.6. The summed E-state index contributed by atoms with van der Waals surface area (Å²) in [5, 5.41) is 7.46. The zero-order chi connectivity index (χ0) is 12.5. The van der Waals surface area contributed by atoms with Gasteiger partial charge in [-0.1, -0.05) is 0 Å². The third kappa shape index (κ3) is 3.29. The molecule has 1 N–H and O–H groups in total. The minimum absolute atomic E-state index is 0.249. The van der Waals surface area contributed by atoms with Gasteiger partial charge >= 0.3 is 0 Å². The van der Waals surface area contributed by atoms with Crippen LogP contribution < -0.4 is 5.32 Å². The molecular weight excluding hydrogens is 238 g/mol. The molecule has 6 heteroatoms. The molecule has 5 nitrogen and oxygen atoms in total. The van der Waals surface area contributed by atoms with Gasteiger partial charge in [-0.2, -0.15) is 5.10 Å². The Hall–Kier alpha value is -0.880. The maximum Gasteiger partial charge on any atom is 0.152 e. The highest BCUT2D eigenvalue weighted by atomic mass is 32.2. The van der Waals surface area contributed by atoms with Crippen molar-refractivity contribution in [1.29, 1.82) is 0 Å². The van der Waals surface area contributed by atoms with Crippen molar-refractivity contribution in [3.05, 3.63) is 18.0 Å². The van der Waals surface area contributed by atoms with Gasteiger partial charge in [-0.25, -0.2) is 8.42 Å². The highest BCUT2D eigenvalue weighted by molar-refractivity contribution is 7.91. The molecule has 1 aromatic rings. The Morgan fingerprint density at radius 1 is 1.59 bits per heavy atom. The summed E-state index contributed by atoms with van der Waals surface area (Å²) in [6.45, 7) is 2.78. The second-order valence-electron chi connectivity index (χ2n) is 5.10. The van der Waals surface area contributed by atoms with E-state index in [-0.39, 0.29) is 11.3 Å². The summed E-state index contributed by atoms with van der Waals surface area (Å²) in [6.07, 6.45) is 5.41. The van der Waals surface area contributed by atoms with E-state index in [0.717, 1.165) is 13.0 Å². The minimum atomic E-state index is -2.82. The third-order valence-electron chi connectivity index (χ3n) is 3.23. The first kappa shape index (κ1) is 12.6. The molecule has 0 aromatic carbocycles. The van der Waals surface area contributed by atoms with Crippen molar-refractivity contribution < 1.29 is 8.42 Å². The third-order valence-corrected chi connectivity index (χ3v) is 5.13. The first-order valence-corrected chi connectivity index (χ1v) is 7.64. The van der Waals surface area contributed by atoms with Crippen LogP contribution in [0, 0.1) is 0 Å². The predicted molar refractivity (Wildman–Crippen MR) is 66.6 cm³/mol. The van der Waals surface area contributed by atoms with Gasteiger partial charge in [-0.15, -0.1) is 0 Å². The molecule has 0 radical (unpaired) electrons. The summed E-state index contributed by atoms with van der Waals surface area (Å²) in [6, 6.07) is 0. The second kappa shape index (κ2) is 4.42. The lowest BCUT2D eigenvalue weighted by atomic mass is 10.0. The van der Waals surface area contributed by atoms with Crippen LogP contribution >= 0.6 is 0 Å². The van der Waals surface area contributed by atoms with Crippen LogP contribution in [-0.2, 0) is 23.3 Å². The zero-order valence-electron chi connectivity index (χ0n) is 10.3. The van der Waals surface area contributed by atoms with Crippen molar-refractivity contribution in [3.8, 4) is 0 Å². The molecule has 1 aromatic heterocycles. The Bertz CT molecular complexity index is 495. The van der Waals surface area contributed by atoms with E-state index in [9.17, 15) is 8.42 Å². The summed E-state index contributed by atoms with van der Waals surface area (Å²) in [5.41, 5.74) is 0.922. The summed E-state index contributed by atoms with van der Waals surface area (Å²) in [4.78, 5) is 0. The van der Waals surface area contributed by atoms with Crippen LogP contribution in [0.2, 0.25) is 0 Å². The number of nitrogens with zero attached hydrogens (tertiary/aromatic N) is 2. The maximum absolute atomic E-state index is 11.4. The van der Waals surface area contributed by atoms with Crippen molar-refractivity contribution in [2.24, 2.45) is 7.05 Å². The molecular formula is C11H19N3O2S. The molecule has 0 amide bonds. The number of aryl methyl sites for hydroxylation is 1. The van der Waals surface area contributed by atoms with E-state index in [0.29, 0.717) is 12.2 Å². The topological polar surface area (TPSA) is 64.0 Å². The molecule has 1 aliphatic heterocycles. The van der Waals surface area contributed by atoms with E-state index in [1.807, 2.05) is 26.4 Å². The van der Waals surface area contributed by atoms with Gasteiger partial charge in [0, 0.05) is 18.8 Å². The number of sulfone groups is 1. The van der Waals surface area contributed by atoms with Crippen molar-refractivity contribution in [2.75, 3.05) is 18.1 Å². The van der Waals surface area contributed by atoms with E-state index < -0.39 is 9.84 Å². The summed E-state index contributed by atoms with van der Waals surface area (Å²) in [5.74, 6) is 0.566. The number of hydrogen-bond acceptors (Lipinski definition) is 4. The Morgan fingerprint density at radius 2 is 2.35 bits per heavy atom. The summed E-state index contributed by atoms with van der Waals surface area (Å²) in [7, 11) is -0.933. The molecule has 1 unspecified atom stereocenters. The Balaban J connectivity index is 1.83. The molecule has 0 spiro atoms. The Kier molecular flexibility index (Phi) is 3.27. The lowest BCUT2D eigenvalue weighted by Gasteiger charge is -2.23. The fourth-order valence-electron chi connectivity index (χ4n) is 2.26. The Labute approximate surface area is 102 Å². The van der Waals surface area contributed by atoms with Crippen LogP contribution in [0.25, 0.3) is 0 Å². The number of nitrogens with one attached hydrogen (secondary N) is 1. The van der Waals surface area contributed by atoms with Gasteiger partial charge in [-0.3, -0.25) is 4.68 Å². The smallest absolute Gasteiger partial charge is 0.152 e. The molecule has 1 atom stereocenters. The van der Waals surface area contributed by atoms with E-state index in [4.69, 9.17) is 0 Å². The highest BCUT2D eigenvalue weighted by Gasteiger charge is 2.37. The van der Waals surface area contributed by atoms with Gasteiger partial charge in [-0.05, 0) is 31.9 Å². The van der Waals surface area contributed by atoms with Gasteiger partial charge < -0.3 is 5.32 Å². The SMILES string of the molecule is Cn1cc(CCNC2(C)CCS(=O)(=O)C2)cn1. The lowest BCUT2D eigenvalue weighted by Crippen LogP contribution is -2.44. The summed E-state index contributed by atoms with van der Waals surface area (Å²) >= 11 is 0. The van der Waals surface area contributed by atoms with Crippen LogP contribution in [0.4, 0.5) is 0 Å². The molecule has 96 valence electrons. The molecule has 2 heterocycles. The number of rotatable bonds is 4. The molecule has 17 heavy (non-hydrogen) atoms. The van der Waals surface area contributed by atoms with E-state index in [1.54, 1.807) is 4.68 Å². The maximum atomic E-state index is 11.4. The monoisotopic (exact) mass is 257 g/mol. The largest absolute Gasteiger partial charge is 0.310 e. The van der Waals surface area contributed by atoms with E-state index in [1.165, 1.54) is 5.56 Å². The van der Waals surface area contributed by atoms with E-state index in [2.05, 4.69) is 10.4 Å². The van der Waals surface area contributed by atoms with Gasteiger partial charge in [0.25, 0.3) is 0 Å². The average molecular weight is 257 g/mol. The van der Waals surface area contributed by atoms with Crippen molar-refractivity contribution in [2.45, 2.75) is 25.3 Å². The molecule has 1 aliphatic rings. The Morgan fingerprint density at radius 3 is 2.88 bits per heavy atom. The molecule has 0 bridgehead atoms. The van der Waals surface area contributed by atoms with Crippen molar-refractivity contribution in [1.82, 2.24) is 15.1 Å². The van der Waals surface area contributed by atoms with Crippen LogP contribution in [0.3, 0.4) is 0 Å². The molecule has 0 aliphatic carbocycles. The number of aromatic nitrogens is 2. The van der Waals surface area contributed by atoms with Crippen molar-refractivity contribution in [3.63, 3.8) is 0 Å². The lowest BCUT2D eigenvalue weighted by molar-refractivity contribution is 0.400. The quantitative estimate of drug-likeness (QED) is 0.833.